The van der Waals surface area contributed by atoms with Crippen molar-refractivity contribution in [3.63, 3.8) is 0 Å². The summed E-state index contributed by atoms with van der Waals surface area (Å²) in [6.45, 7) is 13.3. The topological polar surface area (TPSA) is 36.9 Å². The molecule has 4 atom stereocenters. The predicted molar refractivity (Wildman–Crippen MR) is 78.0 cm³/mol. The molecule has 0 aromatic carbocycles. The molecule has 20 heavy (non-hydrogen) atoms. The van der Waals surface area contributed by atoms with E-state index in [4.69, 9.17) is 26.8 Å². The average Bonchev–Trinajstić information content (AvgIpc) is 2.77. The second-order valence-electron chi connectivity index (χ2n) is 7.48. The van der Waals surface area contributed by atoms with Gasteiger partial charge in [0.05, 0.1) is 24.4 Å². The Labute approximate surface area is 123 Å². The minimum atomic E-state index is -0.580. The number of ether oxygens (including phenoxy) is 4. The summed E-state index contributed by atoms with van der Waals surface area (Å²) in [6, 6.07) is -0.440. The van der Waals surface area contributed by atoms with Crippen LogP contribution < -0.4 is 0 Å². The summed E-state index contributed by atoms with van der Waals surface area (Å²) in [7, 11) is 6.01. The van der Waals surface area contributed by atoms with Crippen LogP contribution in [0.5, 0.6) is 0 Å². The van der Waals surface area contributed by atoms with Crippen LogP contribution in [-0.2, 0) is 18.9 Å². The highest BCUT2D eigenvalue weighted by molar-refractivity contribution is 6.11. The molecule has 0 N–H and O–H groups in total. The summed E-state index contributed by atoms with van der Waals surface area (Å²) in [5.41, 5.74) is -1.03. The molecule has 0 spiro atoms. The molecule has 4 nitrogen and oxygen atoms in total. The Morgan fingerprint density at radius 2 is 1.90 bits per heavy atom. The lowest BCUT2D eigenvalue weighted by Gasteiger charge is -2.36. The van der Waals surface area contributed by atoms with Crippen molar-refractivity contribution in [2.75, 3.05) is 13.2 Å². The second kappa shape index (κ2) is 5.27. The Kier molecular flexibility index (Phi) is 4.29. The fraction of sp³-hybridized carbons (Fsp3) is 1.00. The van der Waals surface area contributed by atoms with Gasteiger partial charge in [-0.2, -0.15) is 0 Å². The number of hydrogen-bond acceptors (Lipinski definition) is 4. The molecule has 2 fully saturated rings. The molecular weight excluding hydrogens is 255 g/mol. The van der Waals surface area contributed by atoms with Crippen molar-refractivity contribution in [2.24, 2.45) is 0 Å². The van der Waals surface area contributed by atoms with Crippen molar-refractivity contribution in [2.45, 2.75) is 83.0 Å². The van der Waals surface area contributed by atoms with Crippen molar-refractivity contribution in [3.8, 4) is 0 Å². The van der Waals surface area contributed by atoms with E-state index in [2.05, 4.69) is 20.8 Å². The van der Waals surface area contributed by atoms with Gasteiger partial charge in [0, 0.05) is 6.00 Å². The van der Waals surface area contributed by atoms with Crippen molar-refractivity contribution >= 4 is 7.85 Å². The van der Waals surface area contributed by atoms with Crippen LogP contribution in [0.25, 0.3) is 0 Å². The zero-order valence-electron chi connectivity index (χ0n) is 13.6. The molecule has 2 aliphatic heterocycles. The van der Waals surface area contributed by atoms with E-state index in [0.717, 1.165) is 6.42 Å². The lowest BCUT2D eigenvalue weighted by molar-refractivity contribution is -0.183. The quantitative estimate of drug-likeness (QED) is 0.723. The first-order valence-corrected chi connectivity index (χ1v) is 7.45. The van der Waals surface area contributed by atoms with Gasteiger partial charge in [0.25, 0.3) is 0 Å². The SMILES string of the molecule is [B]C1O[C@@]2(COC(C)(C)C)COC1C2OC(C)(C)CC. The van der Waals surface area contributed by atoms with Gasteiger partial charge in [-0.3, -0.25) is 0 Å². The maximum Gasteiger partial charge on any atom is 0.143 e. The summed E-state index contributed by atoms with van der Waals surface area (Å²) in [6.07, 6.45) is 0.543. The molecule has 2 rings (SSSR count). The van der Waals surface area contributed by atoms with Gasteiger partial charge in [-0.15, -0.1) is 0 Å². The van der Waals surface area contributed by atoms with E-state index in [1.165, 1.54) is 0 Å². The molecule has 0 amide bonds. The van der Waals surface area contributed by atoms with E-state index >= 15 is 0 Å². The van der Waals surface area contributed by atoms with Crippen LogP contribution in [0, 0.1) is 0 Å². The van der Waals surface area contributed by atoms with Crippen molar-refractivity contribution in [3.05, 3.63) is 0 Å². The van der Waals surface area contributed by atoms with Gasteiger partial charge in [-0.05, 0) is 41.0 Å². The van der Waals surface area contributed by atoms with Crippen molar-refractivity contribution in [1.29, 1.82) is 0 Å². The summed E-state index contributed by atoms with van der Waals surface area (Å²) < 4.78 is 23.9. The van der Waals surface area contributed by atoms with E-state index in [1.54, 1.807) is 0 Å². The number of rotatable bonds is 5. The molecule has 2 saturated heterocycles. The van der Waals surface area contributed by atoms with Crippen LogP contribution >= 0.6 is 0 Å². The Hall–Kier alpha value is -0.0951. The predicted octanol–water partition coefficient (Wildman–Crippen LogP) is 2.04. The van der Waals surface area contributed by atoms with Gasteiger partial charge >= 0.3 is 0 Å². The molecule has 5 heteroatoms. The average molecular weight is 282 g/mol. The van der Waals surface area contributed by atoms with Crippen LogP contribution in [0.1, 0.15) is 48.0 Å². The molecule has 114 valence electrons. The Bertz CT molecular complexity index is 352. The fourth-order valence-corrected chi connectivity index (χ4v) is 2.51. The molecule has 2 bridgehead atoms. The number of hydrogen-bond donors (Lipinski definition) is 0. The van der Waals surface area contributed by atoms with Gasteiger partial charge in [0.15, 0.2) is 0 Å². The Morgan fingerprint density at radius 1 is 1.25 bits per heavy atom. The molecular formula is C15H27BO4. The fourth-order valence-electron chi connectivity index (χ4n) is 2.51. The van der Waals surface area contributed by atoms with Crippen LogP contribution in [0.2, 0.25) is 0 Å². The van der Waals surface area contributed by atoms with Gasteiger partial charge in [0.2, 0.25) is 0 Å². The third-order valence-corrected chi connectivity index (χ3v) is 4.08. The highest BCUT2D eigenvalue weighted by atomic mass is 16.7. The van der Waals surface area contributed by atoms with E-state index in [9.17, 15) is 0 Å². The minimum Gasteiger partial charge on any atom is -0.373 e. The summed E-state index contributed by atoms with van der Waals surface area (Å²) in [4.78, 5) is 0. The molecule has 2 aliphatic rings. The third kappa shape index (κ3) is 3.21. The summed E-state index contributed by atoms with van der Waals surface area (Å²) >= 11 is 0. The van der Waals surface area contributed by atoms with Gasteiger partial charge < -0.3 is 18.9 Å². The van der Waals surface area contributed by atoms with Crippen LogP contribution in [0.4, 0.5) is 0 Å². The largest absolute Gasteiger partial charge is 0.373 e. The summed E-state index contributed by atoms with van der Waals surface area (Å²) in [5, 5.41) is 0. The lowest BCUT2D eigenvalue weighted by atomic mass is 9.91. The molecule has 3 unspecified atom stereocenters. The normalized spacial score (nSPS) is 37.6. The van der Waals surface area contributed by atoms with E-state index < -0.39 is 11.6 Å². The molecule has 0 aliphatic carbocycles. The van der Waals surface area contributed by atoms with Crippen molar-refractivity contribution < 1.29 is 18.9 Å². The molecule has 2 heterocycles. The molecule has 0 aromatic rings. The number of fused-ring (bicyclic) bond motifs is 2. The van der Waals surface area contributed by atoms with Crippen molar-refractivity contribution in [1.82, 2.24) is 0 Å². The van der Waals surface area contributed by atoms with E-state index in [0.29, 0.717) is 13.2 Å². The second-order valence-corrected chi connectivity index (χ2v) is 7.48. The first-order valence-electron chi connectivity index (χ1n) is 7.45. The first-order chi connectivity index (χ1) is 9.09. The summed E-state index contributed by atoms with van der Waals surface area (Å²) in [5.74, 6) is 0. The maximum atomic E-state index is 6.26. The molecule has 0 aromatic heterocycles. The zero-order valence-corrected chi connectivity index (χ0v) is 13.6. The van der Waals surface area contributed by atoms with Gasteiger partial charge in [-0.1, -0.05) is 6.92 Å². The third-order valence-electron chi connectivity index (χ3n) is 4.08. The molecule has 2 radical (unpaired) electrons. The smallest absolute Gasteiger partial charge is 0.143 e. The Morgan fingerprint density at radius 3 is 2.40 bits per heavy atom. The van der Waals surface area contributed by atoms with Crippen LogP contribution in [0.3, 0.4) is 0 Å². The highest BCUT2D eigenvalue weighted by Gasteiger charge is 2.61. The van der Waals surface area contributed by atoms with Gasteiger partial charge in [0.1, 0.15) is 25.7 Å². The molecule has 0 saturated carbocycles. The first kappa shape index (κ1) is 16.3. The standard InChI is InChI=1S/C15H27BO4/c1-7-14(5,6)19-11-10-12(16)20-15(11,8-17-10)9-18-13(2,3)4/h10-12H,7-9H2,1-6H3/t10?,11?,12?,15-/m1/s1. The van der Waals surface area contributed by atoms with E-state index in [-0.39, 0.29) is 23.4 Å². The maximum absolute atomic E-state index is 6.26. The van der Waals surface area contributed by atoms with Gasteiger partial charge in [-0.25, -0.2) is 0 Å². The lowest BCUT2D eigenvalue weighted by Crippen LogP contribution is -2.50. The highest BCUT2D eigenvalue weighted by Crippen LogP contribution is 2.43. The van der Waals surface area contributed by atoms with E-state index in [1.807, 2.05) is 20.8 Å². The van der Waals surface area contributed by atoms with Crippen LogP contribution in [0.15, 0.2) is 0 Å². The monoisotopic (exact) mass is 282 g/mol. The Balaban J connectivity index is 2.12. The van der Waals surface area contributed by atoms with Crippen LogP contribution in [-0.4, -0.2) is 56.1 Å². The zero-order chi connectivity index (χ0) is 15.2. The minimum absolute atomic E-state index is 0.171.